The Labute approximate surface area is 114 Å². The van der Waals surface area contributed by atoms with E-state index in [1.165, 1.54) is 13.5 Å². The first kappa shape index (κ1) is 13.8. The summed E-state index contributed by atoms with van der Waals surface area (Å²) in [6.45, 7) is 4.51. The van der Waals surface area contributed by atoms with Crippen molar-refractivity contribution < 1.29 is 14.3 Å². The van der Waals surface area contributed by atoms with E-state index >= 15 is 0 Å². The quantitative estimate of drug-likeness (QED) is 0.786. The van der Waals surface area contributed by atoms with Gasteiger partial charge < -0.3 is 9.47 Å². The maximum Gasteiger partial charge on any atom is 0.338 e. The molecule has 19 heavy (non-hydrogen) atoms. The van der Waals surface area contributed by atoms with Gasteiger partial charge in [0.05, 0.1) is 12.7 Å². The molecule has 0 spiro atoms. The molecule has 0 aromatic carbocycles. The molecule has 4 nitrogen and oxygen atoms in total. The van der Waals surface area contributed by atoms with Crippen molar-refractivity contribution in [2.24, 2.45) is 11.8 Å². The van der Waals surface area contributed by atoms with Crippen LogP contribution in [0.2, 0.25) is 0 Å². The maximum atomic E-state index is 11.5. The molecule has 0 saturated heterocycles. The highest BCUT2D eigenvalue weighted by atomic mass is 16.5. The molecule has 1 aromatic heterocycles. The monoisotopic (exact) mass is 263 g/mol. The van der Waals surface area contributed by atoms with E-state index in [9.17, 15) is 4.79 Å². The molecule has 2 rings (SSSR count). The molecule has 0 bridgehead atoms. The Hall–Kier alpha value is -1.58. The molecule has 1 aliphatic carbocycles. The molecule has 0 aliphatic heterocycles. The van der Waals surface area contributed by atoms with Crippen LogP contribution in [0.25, 0.3) is 0 Å². The molecule has 4 heteroatoms. The molecule has 2 unspecified atom stereocenters. The Morgan fingerprint density at radius 2 is 1.95 bits per heavy atom. The first-order valence-corrected chi connectivity index (χ1v) is 6.79. The van der Waals surface area contributed by atoms with Crippen molar-refractivity contribution >= 4 is 5.97 Å². The Bertz CT molecular complexity index is 437. The van der Waals surface area contributed by atoms with Gasteiger partial charge in [-0.1, -0.05) is 13.8 Å². The topological polar surface area (TPSA) is 48.4 Å². The molecule has 1 aliphatic rings. The van der Waals surface area contributed by atoms with Crippen LogP contribution in [-0.4, -0.2) is 24.2 Å². The fraction of sp³-hybridized carbons (Fsp3) is 0.600. The molecule has 2 atom stereocenters. The second kappa shape index (κ2) is 6.04. The van der Waals surface area contributed by atoms with Crippen LogP contribution in [-0.2, 0) is 4.74 Å². The number of carbonyl (C=O) groups is 1. The van der Waals surface area contributed by atoms with Gasteiger partial charge >= 0.3 is 5.97 Å². The van der Waals surface area contributed by atoms with Crippen molar-refractivity contribution in [3.05, 3.63) is 23.9 Å². The third-order valence-corrected chi connectivity index (χ3v) is 3.58. The number of aromatic nitrogens is 1. The number of nitrogens with zero attached hydrogens (tertiary/aromatic N) is 1. The summed E-state index contributed by atoms with van der Waals surface area (Å²) >= 11 is 0. The lowest BCUT2D eigenvalue weighted by atomic mass is 9.82. The van der Waals surface area contributed by atoms with Crippen molar-refractivity contribution in [1.82, 2.24) is 4.98 Å². The highest BCUT2D eigenvalue weighted by molar-refractivity contribution is 5.89. The van der Waals surface area contributed by atoms with Gasteiger partial charge in [0.2, 0.25) is 5.88 Å². The molecule has 0 radical (unpaired) electrons. The van der Waals surface area contributed by atoms with Crippen molar-refractivity contribution in [1.29, 1.82) is 0 Å². The summed E-state index contributed by atoms with van der Waals surface area (Å²) in [5.41, 5.74) is 0.476. The molecule has 1 saturated carbocycles. The van der Waals surface area contributed by atoms with Crippen LogP contribution >= 0.6 is 0 Å². The van der Waals surface area contributed by atoms with E-state index in [0.29, 0.717) is 23.3 Å². The number of pyridine rings is 1. The highest BCUT2D eigenvalue weighted by Crippen LogP contribution is 2.30. The van der Waals surface area contributed by atoms with Crippen LogP contribution < -0.4 is 4.74 Å². The van der Waals surface area contributed by atoms with E-state index in [4.69, 9.17) is 9.47 Å². The minimum absolute atomic E-state index is 0.194. The molecule has 0 amide bonds. The normalized spacial score (nSPS) is 26.8. The van der Waals surface area contributed by atoms with Gasteiger partial charge in [-0.15, -0.1) is 0 Å². The van der Waals surface area contributed by atoms with Gasteiger partial charge in [-0.25, -0.2) is 9.78 Å². The Morgan fingerprint density at radius 1 is 1.26 bits per heavy atom. The lowest BCUT2D eigenvalue weighted by Gasteiger charge is -2.31. The van der Waals surface area contributed by atoms with Crippen molar-refractivity contribution in [3.8, 4) is 5.88 Å². The number of hydrogen-bond donors (Lipinski definition) is 0. The van der Waals surface area contributed by atoms with Gasteiger partial charge in [0.1, 0.15) is 6.10 Å². The number of methoxy groups -OCH3 is 1. The second-order valence-electron chi connectivity index (χ2n) is 5.53. The average Bonchev–Trinajstić information content (AvgIpc) is 2.37. The molecular formula is C15H21NO3. The number of esters is 1. The zero-order valence-electron chi connectivity index (χ0n) is 11.8. The SMILES string of the molecule is COC(=O)c1ccnc(OC2CC(C)CC(C)C2)c1. The lowest BCUT2D eigenvalue weighted by molar-refractivity contribution is 0.0597. The van der Waals surface area contributed by atoms with Gasteiger partial charge in [-0.3, -0.25) is 0 Å². The lowest BCUT2D eigenvalue weighted by Crippen LogP contribution is -2.28. The summed E-state index contributed by atoms with van der Waals surface area (Å²) < 4.78 is 10.6. The Kier molecular flexibility index (Phi) is 4.40. The Balaban J connectivity index is 2.04. The number of carbonyl (C=O) groups excluding carboxylic acids is 1. The van der Waals surface area contributed by atoms with E-state index in [1.54, 1.807) is 18.3 Å². The Morgan fingerprint density at radius 3 is 2.58 bits per heavy atom. The number of hydrogen-bond acceptors (Lipinski definition) is 4. The van der Waals surface area contributed by atoms with E-state index in [0.717, 1.165) is 12.8 Å². The predicted octanol–water partition coefficient (Wildman–Crippen LogP) is 3.07. The minimum atomic E-state index is -0.363. The van der Waals surface area contributed by atoms with E-state index < -0.39 is 0 Å². The molecule has 1 heterocycles. The van der Waals surface area contributed by atoms with Crippen molar-refractivity contribution in [2.75, 3.05) is 7.11 Å². The van der Waals surface area contributed by atoms with Crippen LogP contribution in [0.5, 0.6) is 5.88 Å². The smallest absolute Gasteiger partial charge is 0.338 e. The molecular weight excluding hydrogens is 242 g/mol. The van der Waals surface area contributed by atoms with Crippen LogP contribution in [0.3, 0.4) is 0 Å². The van der Waals surface area contributed by atoms with Gasteiger partial charge in [0, 0.05) is 12.3 Å². The summed E-state index contributed by atoms with van der Waals surface area (Å²) in [5, 5.41) is 0. The maximum absolute atomic E-state index is 11.5. The fourth-order valence-electron chi connectivity index (χ4n) is 2.86. The summed E-state index contributed by atoms with van der Waals surface area (Å²) in [5.74, 6) is 1.50. The zero-order valence-corrected chi connectivity index (χ0v) is 11.8. The number of rotatable bonds is 3. The van der Waals surface area contributed by atoms with Crippen LogP contribution in [0, 0.1) is 11.8 Å². The molecule has 1 aromatic rings. The van der Waals surface area contributed by atoms with Crippen molar-refractivity contribution in [3.63, 3.8) is 0 Å². The van der Waals surface area contributed by atoms with E-state index in [1.807, 2.05) is 0 Å². The second-order valence-corrected chi connectivity index (χ2v) is 5.53. The highest BCUT2D eigenvalue weighted by Gasteiger charge is 2.25. The van der Waals surface area contributed by atoms with Crippen LogP contribution in [0.4, 0.5) is 0 Å². The first-order valence-electron chi connectivity index (χ1n) is 6.79. The molecule has 1 fully saturated rings. The largest absolute Gasteiger partial charge is 0.474 e. The summed E-state index contributed by atoms with van der Waals surface area (Å²) in [4.78, 5) is 15.6. The average molecular weight is 263 g/mol. The molecule has 104 valence electrons. The predicted molar refractivity (Wildman–Crippen MR) is 72.2 cm³/mol. The van der Waals surface area contributed by atoms with Crippen LogP contribution in [0.15, 0.2) is 18.3 Å². The van der Waals surface area contributed by atoms with Crippen LogP contribution in [0.1, 0.15) is 43.5 Å². The first-order chi connectivity index (χ1) is 9.08. The van der Waals surface area contributed by atoms with Gasteiger partial charge in [-0.2, -0.15) is 0 Å². The van der Waals surface area contributed by atoms with E-state index in [-0.39, 0.29) is 12.1 Å². The van der Waals surface area contributed by atoms with E-state index in [2.05, 4.69) is 18.8 Å². The van der Waals surface area contributed by atoms with Gasteiger partial charge in [-0.05, 0) is 37.2 Å². The third kappa shape index (κ3) is 3.69. The summed E-state index contributed by atoms with van der Waals surface area (Å²) in [6.07, 6.45) is 5.13. The standard InChI is InChI=1S/C15H21NO3/c1-10-6-11(2)8-13(7-10)19-14-9-12(4-5-16-14)15(17)18-3/h4-5,9-11,13H,6-8H2,1-3H3. The summed E-state index contributed by atoms with van der Waals surface area (Å²) in [6, 6.07) is 3.28. The van der Waals surface area contributed by atoms with Gasteiger partial charge in [0.15, 0.2) is 0 Å². The summed E-state index contributed by atoms with van der Waals surface area (Å²) in [7, 11) is 1.37. The molecule has 0 N–H and O–H groups in total. The zero-order chi connectivity index (χ0) is 13.8. The van der Waals surface area contributed by atoms with Gasteiger partial charge in [0.25, 0.3) is 0 Å². The number of ether oxygens (including phenoxy) is 2. The third-order valence-electron chi connectivity index (χ3n) is 3.58. The minimum Gasteiger partial charge on any atom is -0.474 e. The van der Waals surface area contributed by atoms with Crippen molar-refractivity contribution in [2.45, 2.75) is 39.2 Å². The fourth-order valence-corrected chi connectivity index (χ4v) is 2.86.